The molecule has 1 aliphatic rings. The summed E-state index contributed by atoms with van der Waals surface area (Å²) in [5.74, 6) is 0.789. The standard InChI is InChI=1S/C23H31ClN6O3/c1-12(2)19-21-20(28-27-19)22(25-10-14-8-18(33)16(24)9-17(14)32)26-23(30(21)13(3)4)29-7-5-6-15(29)11-31/h8-9,12-13,15,31-33H,5-7,10-11H2,1-4H3,(H,27,28). The molecule has 2 aromatic heterocycles. The first-order valence-corrected chi connectivity index (χ1v) is 11.7. The van der Waals surface area contributed by atoms with E-state index in [1.165, 1.54) is 12.1 Å². The number of anilines is 1. The van der Waals surface area contributed by atoms with Crippen molar-refractivity contribution in [2.75, 3.05) is 18.1 Å². The van der Waals surface area contributed by atoms with Crippen molar-refractivity contribution < 1.29 is 15.3 Å². The van der Waals surface area contributed by atoms with Gasteiger partial charge in [0.1, 0.15) is 11.5 Å². The summed E-state index contributed by atoms with van der Waals surface area (Å²) in [5, 5.41) is 38.0. The van der Waals surface area contributed by atoms with E-state index in [2.05, 4.69) is 52.4 Å². The van der Waals surface area contributed by atoms with Crippen LogP contribution >= 0.6 is 11.6 Å². The Morgan fingerprint density at radius 2 is 1.97 bits per heavy atom. The molecule has 0 aliphatic carbocycles. The molecule has 9 nitrogen and oxygen atoms in total. The molecule has 4 N–H and O–H groups in total. The Hall–Kier alpha value is -2.78. The van der Waals surface area contributed by atoms with Crippen LogP contribution in [0.15, 0.2) is 17.1 Å². The van der Waals surface area contributed by atoms with Crippen LogP contribution in [0.5, 0.6) is 11.5 Å². The summed E-state index contributed by atoms with van der Waals surface area (Å²) in [6.07, 6.45) is 1.89. The Bertz CT molecular complexity index is 1230. The van der Waals surface area contributed by atoms with Crippen molar-refractivity contribution in [3.63, 3.8) is 0 Å². The lowest BCUT2D eigenvalue weighted by Gasteiger charge is -2.29. The summed E-state index contributed by atoms with van der Waals surface area (Å²) < 4.78 is 2.17. The second kappa shape index (κ2) is 9.23. The van der Waals surface area contributed by atoms with Crippen molar-refractivity contribution in [2.24, 2.45) is 4.99 Å². The Labute approximate surface area is 197 Å². The maximum Gasteiger partial charge on any atom is 0.208 e. The fraction of sp³-hybridized carbons (Fsp3) is 0.522. The molecule has 1 fully saturated rings. The van der Waals surface area contributed by atoms with Crippen LogP contribution in [0.1, 0.15) is 63.8 Å². The third kappa shape index (κ3) is 4.27. The Kier molecular flexibility index (Phi) is 6.54. The number of halogens is 1. The Balaban J connectivity index is 1.96. The fourth-order valence-electron chi connectivity index (χ4n) is 4.43. The third-order valence-corrected chi connectivity index (χ3v) is 6.43. The van der Waals surface area contributed by atoms with Crippen molar-refractivity contribution >= 4 is 28.6 Å². The van der Waals surface area contributed by atoms with Crippen LogP contribution < -0.4 is 10.4 Å². The maximum absolute atomic E-state index is 10.3. The van der Waals surface area contributed by atoms with Crippen LogP contribution in [-0.2, 0) is 6.54 Å². The van der Waals surface area contributed by atoms with Crippen molar-refractivity contribution in [1.82, 2.24) is 19.7 Å². The molecule has 0 amide bonds. The number of aromatic amines is 1. The molecule has 0 bridgehead atoms. The number of benzene rings is 1. The second-order valence-corrected chi connectivity index (χ2v) is 9.52. The van der Waals surface area contributed by atoms with Gasteiger partial charge in [-0.15, -0.1) is 0 Å². The number of aliphatic hydroxyl groups excluding tert-OH is 1. The monoisotopic (exact) mass is 474 g/mol. The van der Waals surface area contributed by atoms with E-state index >= 15 is 0 Å². The summed E-state index contributed by atoms with van der Waals surface area (Å²) in [6, 6.07) is 2.81. The number of aliphatic hydroxyl groups is 1. The van der Waals surface area contributed by atoms with E-state index in [1.807, 2.05) is 0 Å². The Morgan fingerprint density at radius 3 is 2.64 bits per heavy atom. The number of nitrogens with zero attached hydrogens (tertiary/aromatic N) is 5. The molecule has 1 unspecified atom stereocenters. The molecule has 1 atom stereocenters. The van der Waals surface area contributed by atoms with Crippen LogP contribution in [-0.4, -0.2) is 54.3 Å². The average Bonchev–Trinajstić information content (AvgIpc) is 3.41. The number of aromatic hydroxyl groups is 2. The minimum Gasteiger partial charge on any atom is -0.508 e. The van der Waals surface area contributed by atoms with Crippen molar-refractivity contribution in [1.29, 1.82) is 0 Å². The Morgan fingerprint density at radius 1 is 1.21 bits per heavy atom. The number of hydrogen-bond donors (Lipinski definition) is 4. The zero-order valence-electron chi connectivity index (χ0n) is 19.4. The average molecular weight is 475 g/mol. The van der Waals surface area contributed by atoms with Crippen molar-refractivity contribution in [3.8, 4) is 11.5 Å². The predicted octanol–water partition coefficient (Wildman–Crippen LogP) is 3.59. The smallest absolute Gasteiger partial charge is 0.208 e. The van der Waals surface area contributed by atoms with Gasteiger partial charge in [-0.25, -0.2) is 0 Å². The molecule has 4 rings (SSSR count). The first kappa shape index (κ1) is 23.4. The maximum atomic E-state index is 10.3. The molecular formula is C23H31ClN6O3. The highest BCUT2D eigenvalue weighted by atomic mass is 35.5. The van der Waals surface area contributed by atoms with Gasteiger partial charge in [-0.1, -0.05) is 25.4 Å². The summed E-state index contributed by atoms with van der Waals surface area (Å²) >= 11 is 5.89. The first-order chi connectivity index (χ1) is 15.7. The van der Waals surface area contributed by atoms with Crippen LogP contribution in [0.3, 0.4) is 0 Å². The summed E-state index contributed by atoms with van der Waals surface area (Å²) in [5.41, 5.74) is 3.45. The summed E-state index contributed by atoms with van der Waals surface area (Å²) in [7, 11) is 0. The van der Waals surface area contributed by atoms with E-state index in [-0.39, 0.29) is 47.7 Å². The summed E-state index contributed by atoms with van der Waals surface area (Å²) in [4.78, 5) is 11.8. The highest BCUT2D eigenvalue weighted by molar-refractivity contribution is 6.32. The van der Waals surface area contributed by atoms with Gasteiger partial charge in [0, 0.05) is 24.2 Å². The van der Waals surface area contributed by atoms with Gasteiger partial charge in [0.2, 0.25) is 5.95 Å². The molecule has 0 saturated carbocycles. The highest BCUT2D eigenvalue weighted by Gasteiger charge is 2.30. The van der Waals surface area contributed by atoms with Crippen LogP contribution in [0.4, 0.5) is 5.95 Å². The van der Waals surface area contributed by atoms with Gasteiger partial charge in [0.25, 0.3) is 0 Å². The molecule has 3 heterocycles. The van der Waals surface area contributed by atoms with E-state index in [0.29, 0.717) is 16.6 Å². The minimum absolute atomic E-state index is 0.000502. The van der Waals surface area contributed by atoms with Gasteiger partial charge in [0.15, 0.2) is 11.0 Å². The second-order valence-electron chi connectivity index (χ2n) is 9.11. The number of phenols is 2. The topological polar surface area (TPSA) is 123 Å². The number of H-pyrrole nitrogens is 1. The molecule has 10 heteroatoms. The molecular weight excluding hydrogens is 444 g/mol. The third-order valence-electron chi connectivity index (χ3n) is 6.13. The van der Waals surface area contributed by atoms with Gasteiger partial charge >= 0.3 is 0 Å². The normalized spacial score (nSPS) is 17.3. The lowest BCUT2D eigenvalue weighted by atomic mass is 10.1. The van der Waals surface area contributed by atoms with Crippen LogP contribution in [0, 0.1) is 0 Å². The molecule has 0 radical (unpaired) electrons. The molecule has 178 valence electrons. The van der Waals surface area contributed by atoms with E-state index < -0.39 is 0 Å². The van der Waals surface area contributed by atoms with Gasteiger partial charge in [0.05, 0.1) is 35.4 Å². The van der Waals surface area contributed by atoms with E-state index in [4.69, 9.17) is 16.6 Å². The van der Waals surface area contributed by atoms with E-state index in [9.17, 15) is 15.3 Å². The molecule has 3 aromatic rings. The fourth-order valence-corrected chi connectivity index (χ4v) is 4.58. The number of nitrogens with one attached hydrogen (secondary N) is 1. The van der Waals surface area contributed by atoms with E-state index in [1.54, 1.807) is 0 Å². The quantitative estimate of drug-likeness (QED) is 0.405. The molecule has 0 spiro atoms. The molecule has 1 aliphatic heterocycles. The molecule has 1 aromatic carbocycles. The van der Waals surface area contributed by atoms with Gasteiger partial charge in [-0.3, -0.25) is 10.1 Å². The zero-order valence-corrected chi connectivity index (χ0v) is 20.1. The SMILES string of the molecule is CC(C)c1[nH]nc2c(=NCc3cc(O)c(Cl)cc3O)nc(N3CCCC3CO)n(C(C)C)c12. The van der Waals surface area contributed by atoms with Gasteiger partial charge < -0.3 is 24.8 Å². The van der Waals surface area contributed by atoms with Crippen molar-refractivity contribution in [2.45, 2.75) is 65.1 Å². The van der Waals surface area contributed by atoms with Crippen LogP contribution in [0.25, 0.3) is 11.0 Å². The molecule has 33 heavy (non-hydrogen) atoms. The number of fused-ring (bicyclic) bond motifs is 1. The largest absolute Gasteiger partial charge is 0.508 e. The van der Waals surface area contributed by atoms with Gasteiger partial charge in [-0.05, 0) is 38.7 Å². The lowest BCUT2D eigenvalue weighted by Crippen LogP contribution is -2.37. The predicted molar refractivity (Wildman–Crippen MR) is 128 cm³/mol. The molecule has 1 saturated heterocycles. The number of phenolic OH excluding ortho intramolecular Hbond substituents is 2. The van der Waals surface area contributed by atoms with Crippen LogP contribution in [0.2, 0.25) is 5.02 Å². The van der Waals surface area contributed by atoms with Gasteiger partial charge in [-0.2, -0.15) is 10.1 Å². The lowest BCUT2D eigenvalue weighted by molar-refractivity contribution is 0.265. The highest BCUT2D eigenvalue weighted by Crippen LogP contribution is 2.33. The van der Waals surface area contributed by atoms with E-state index in [0.717, 1.165) is 36.5 Å². The zero-order chi connectivity index (χ0) is 23.9. The van der Waals surface area contributed by atoms with Crippen molar-refractivity contribution in [3.05, 3.63) is 33.9 Å². The number of rotatable bonds is 6. The number of aromatic nitrogens is 4. The number of hydrogen-bond acceptors (Lipinski definition) is 7. The first-order valence-electron chi connectivity index (χ1n) is 11.3. The summed E-state index contributed by atoms with van der Waals surface area (Å²) in [6.45, 7) is 9.39. The minimum atomic E-state index is -0.117.